The number of anilines is 2. The first-order chi connectivity index (χ1) is 16.5. The number of aromatic nitrogens is 4. The number of halogens is 3. The number of nitrogens with zero attached hydrogens (tertiary/aromatic N) is 5. The second-order valence-electron chi connectivity index (χ2n) is 8.42. The fourth-order valence-electron chi connectivity index (χ4n) is 3.51. The number of ether oxygens (including phenoxy) is 1. The average Bonchev–Trinajstić information content (AvgIpc) is 2.81. The lowest BCUT2D eigenvalue weighted by molar-refractivity contribution is -0.138. The fourth-order valence-corrected chi connectivity index (χ4v) is 3.51. The maximum atomic E-state index is 12.7. The number of carbonyl (C=O) groups excluding carboxylic acids is 1. The second kappa shape index (κ2) is 11.4. The second-order valence-corrected chi connectivity index (χ2v) is 8.42. The lowest BCUT2D eigenvalue weighted by Gasteiger charge is -2.35. The van der Waals surface area contributed by atoms with Gasteiger partial charge >= 0.3 is 6.18 Å². The van der Waals surface area contributed by atoms with Gasteiger partial charge in [-0.05, 0) is 13.8 Å². The Morgan fingerprint density at radius 2 is 1.86 bits per heavy atom. The highest BCUT2D eigenvalue weighted by atomic mass is 19.4. The Kier molecular flexibility index (Phi) is 8.62. The molecule has 11 nitrogen and oxygen atoms in total. The molecule has 0 aromatic carbocycles. The smallest absolute Gasteiger partial charge is 0.379 e. The third-order valence-electron chi connectivity index (χ3n) is 5.52. The molecular weight excluding hydrogens is 469 g/mol. The summed E-state index contributed by atoms with van der Waals surface area (Å²) in [6.45, 7) is 5.67. The first-order valence-corrected chi connectivity index (χ1v) is 11.1. The molecule has 35 heavy (non-hydrogen) atoms. The molecule has 4 N–H and O–H groups in total. The van der Waals surface area contributed by atoms with Crippen LogP contribution in [0.4, 0.5) is 24.8 Å². The van der Waals surface area contributed by atoms with E-state index in [1.54, 1.807) is 16.7 Å². The van der Waals surface area contributed by atoms with Crippen LogP contribution in [-0.2, 0) is 15.7 Å². The summed E-state index contributed by atoms with van der Waals surface area (Å²) in [5.41, 5.74) is 6.03. The normalized spacial score (nSPS) is 16.2. The van der Waals surface area contributed by atoms with Gasteiger partial charge in [-0.2, -0.15) is 18.3 Å². The van der Waals surface area contributed by atoms with Crippen LogP contribution in [0.25, 0.3) is 0 Å². The summed E-state index contributed by atoms with van der Waals surface area (Å²) in [4.78, 5) is 35.2. The zero-order chi connectivity index (χ0) is 25.6. The Morgan fingerprint density at radius 1 is 1.20 bits per heavy atom. The van der Waals surface area contributed by atoms with Gasteiger partial charge in [-0.25, -0.2) is 15.1 Å². The van der Waals surface area contributed by atoms with E-state index >= 15 is 0 Å². The summed E-state index contributed by atoms with van der Waals surface area (Å²) < 4.78 is 43.6. The molecule has 3 heterocycles. The van der Waals surface area contributed by atoms with E-state index in [0.717, 1.165) is 12.4 Å². The summed E-state index contributed by atoms with van der Waals surface area (Å²) in [5.74, 6) is 0.0782. The molecule has 0 bridgehead atoms. The maximum absolute atomic E-state index is 12.7. The molecule has 192 valence electrons. The SMILES string of the molecule is Cc1c(N[C@@H](C)COC[C@H](N)CC(=O)N2CCN(c3ncc(C(F)(F)F)cn3)CC2)cn[nH]c1=O. The third-order valence-corrected chi connectivity index (χ3v) is 5.52. The number of hydrogen-bond acceptors (Lipinski definition) is 9. The van der Waals surface area contributed by atoms with Crippen LogP contribution >= 0.6 is 0 Å². The van der Waals surface area contributed by atoms with Crippen molar-refractivity contribution in [2.45, 2.75) is 38.5 Å². The lowest BCUT2D eigenvalue weighted by atomic mass is 10.2. The van der Waals surface area contributed by atoms with Gasteiger partial charge in [0.2, 0.25) is 11.9 Å². The standard InChI is InChI=1S/C21H29F3N8O3/c1-13(29-17-10-28-30-19(34)14(17)2)11-35-12-16(25)7-18(33)31-3-5-32(6-4-31)20-26-8-15(9-27-20)21(22,23)24/h8-10,13,16H,3-7,11-12,25H2,1-2H3,(H2,29,30,34)/t13-,16+/m0/s1. The summed E-state index contributed by atoms with van der Waals surface area (Å²) >= 11 is 0. The van der Waals surface area contributed by atoms with Gasteiger partial charge < -0.3 is 25.6 Å². The Morgan fingerprint density at radius 3 is 2.49 bits per heavy atom. The van der Waals surface area contributed by atoms with E-state index in [4.69, 9.17) is 10.5 Å². The summed E-state index contributed by atoms with van der Waals surface area (Å²) in [5, 5.41) is 9.27. The van der Waals surface area contributed by atoms with E-state index in [0.29, 0.717) is 44.0 Å². The Bertz CT molecular complexity index is 1040. The van der Waals surface area contributed by atoms with E-state index in [9.17, 15) is 22.8 Å². The molecule has 2 aromatic rings. The van der Waals surface area contributed by atoms with Crippen molar-refractivity contribution < 1.29 is 22.7 Å². The Labute approximate surface area is 199 Å². The highest BCUT2D eigenvalue weighted by molar-refractivity contribution is 5.77. The number of alkyl halides is 3. The molecule has 14 heteroatoms. The predicted molar refractivity (Wildman–Crippen MR) is 122 cm³/mol. The molecule has 1 saturated heterocycles. The van der Waals surface area contributed by atoms with Gasteiger partial charge in [0.1, 0.15) is 0 Å². The molecular formula is C21H29F3N8O3. The fraction of sp³-hybridized carbons (Fsp3) is 0.571. The highest BCUT2D eigenvalue weighted by Crippen LogP contribution is 2.28. The third kappa shape index (κ3) is 7.36. The molecule has 1 amide bonds. The van der Waals surface area contributed by atoms with Gasteiger partial charge in [0, 0.05) is 62.6 Å². The minimum Gasteiger partial charge on any atom is -0.379 e. The van der Waals surface area contributed by atoms with Gasteiger partial charge in [-0.1, -0.05) is 0 Å². The van der Waals surface area contributed by atoms with E-state index in [2.05, 4.69) is 25.5 Å². The number of nitrogens with two attached hydrogens (primary N) is 1. The first kappa shape index (κ1) is 26.3. The molecule has 0 aliphatic carbocycles. The molecule has 1 aliphatic rings. The number of aromatic amines is 1. The summed E-state index contributed by atoms with van der Waals surface area (Å²) in [7, 11) is 0. The number of carbonyl (C=O) groups is 1. The molecule has 2 atom stereocenters. The number of H-pyrrole nitrogens is 1. The van der Waals surface area contributed by atoms with Gasteiger partial charge in [0.25, 0.3) is 5.56 Å². The number of rotatable bonds is 9. The van der Waals surface area contributed by atoms with Crippen molar-refractivity contribution in [2.75, 3.05) is 49.6 Å². The van der Waals surface area contributed by atoms with E-state index in [1.807, 2.05) is 6.92 Å². The van der Waals surface area contributed by atoms with Crippen molar-refractivity contribution in [1.82, 2.24) is 25.1 Å². The molecule has 2 aromatic heterocycles. The van der Waals surface area contributed by atoms with Crippen molar-refractivity contribution in [3.8, 4) is 0 Å². The Hall–Kier alpha value is -3.26. The van der Waals surface area contributed by atoms with Crippen molar-refractivity contribution in [1.29, 1.82) is 0 Å². The van der Waals surface area contributed by atoms with Crippen LogP contribution in [0.1, 0.15) is 24.5 Å². The Balaban J connectivity index is 1.37. The predicted octanol–water partition coefficient (Wildman–Crippen LogP) is 0.770. The van der Waals surface area contributed by atoms with Crippen LogP contribution in [-0.4, -0.2) is 82.4 Å². The largest absolute Gasteiger partial charge is 0.419 e. The molecule has 0 saturated carbocycles. The molecule has 1 aliphatic heterocycles. The lowest BCUT2D eigenvalue weighted by Crippen LogP contribution is -2.50. The maximum Gasteiger partial charge on any atom is 0.419 e. The zero-order valence-corrected chi connectivity index (χ0v) is 19.5. The summed E-state index contributed by atoms with van der Waals surface area (Å²) in [6.07, 6.45) is -1.34. The molecule has 0 unspecified atom stereocenters. The van der Waals surface area contributed by atoms with Crippen LogP contribution in [0.5, 0.6) is 0 Å². The molecule has 1 fully saturated rings. The van der Waals surface area contributed by atoms with Crippen LogP contribution in [0, 0.1) is 6.92 Å². The minimum absolute atomic E-state index is 0.107. The van der Waals surface area contributed by atoms with Crippen molar-refractivity contribution in [3.05, 3.63) is 40.1 Å². The van der Waals surface area contributed by atoms with Crippen LogP contribution in [0.15, 0.2) is 23.4 Å². The number of amides is 1. The van der Waals surface area contributed by atoms with Crippen molar-refractivity contribution >= 4 is 17.5 Å². The molecule has 3 rings (SSSR count). The average molecular weight is 499 g/mol. The number of hydrogen-bond donors (Lipinski definition) is 3. The summed E-state index contributed by atoms with van der Waals surface area (Å²) in [6, 6.07) is -0.602. The van der Waals surface area contributed by atoms with Crippen molar-refractivity contribution in [2.24, 2.45) is 5.73 Å². The first-order valence-electron chi connectivity index (χ1n) is 11.1. The van der Waals surface area contributed by atoms with Crippen LogP contribution in [0.3, 0.4) is 0 Å². The van der Waals surface area contributed by atoms with Crippen LogP contribution < -0.4 is 21.5 Å². The minimum atomic E-state index is -4.49. The van der Waals surface area contributed by atoms with Gasteiger partial charge in [0.05, 0.1) is 30.7 Å². The van der Waals surface area contributed by atoms with E-state index in [-0.39, 0.29) is 36.5 Å². The van der Waals surface area contributed by atoms with Crippen LogP contribution in [0.2, 0.25) is 0 Å². The number of nitrogens with one attached hydrogen (secondary N) is 2. The number of piperazine rings is 1. The van der Waals surface area contributed by atoms with Gasteiger partial charge in [-0.3, -0.25) is 9.59 Å². The van der Waals surface area contributed by atoms with E-state index in [1.165, 1.54) is 6.20 Å². The van der Waals surface area contributed by atoms with Gasteiger partial charge in [0.15, 0.2) is 0 Å². The monoisotopic (exact) mass is 498 g/mol. The van der Waals surface area contributed by atoms with Crippen molar-refractivity contribution in [3.63, 3.8) is 0 Å². The molecule has 0 spiro atoms. The van der Waals surface area contributed by atoms with Gasteiger partial charge in [-0.15, -0.1) is 0 Å². The highest BCUT2D eigenvalue weighted by Gasteiger charge is 2.32. The quantitative estimate of drug-likeness (QED) is 0.457. The topological polar surface area (TPSA) is 142 Å². The molecule has 0 radical (unpaired) electrons. The van der Waals surface area contributed by atoms with E-state index < -0.39 is 17.8 Å². The zero-order valence-electron chi connectivity index (χ0n) is 19.5.